The summed E-state index contributed by atoms with van der Waals surface area (Å²) in [6.07, 6.45) is 5.73. The highest BCUT2D eigenvalue weighted by Gasteiger charge is 2.20. The van der Waals surface area contributed by atoms with E-state index in [0.29, 0.717) is 5.92 Å². The molecule has 1 N–H and O–H groups in total. The highest BCUT2D eigenvalue weighted by atomic mass is 16.1. The van der Waals surface area contributed by atoms with Gasteiger partial charge in [-0.15, -0.1) is 0 Å². The standard InChI is InChI=1S/C11H16N2O/c1-2-9-7-10(11(14)13-12-9)8-5-3-4-6-8/h7-8H,2-6H2,1H3,(H,13,14). The van der Waals surface area contributed by atoms with Crippen LogP contribution >= 0.6 is 0 Å². The van der Waals surface area contributed by atoms with Gasteiger partial charge in [-0.25, -0.2) is 5.10 Å². The van der Waals surface area contributed by atoms with Crippen molar-refractivity contribution in [2.75, 3.05) is 0 Å². The molecular formula is C11H16N2O. The van der Waals surface area contributed by atoms with E-state index in [4.69, 9.17) is 0 Å². The minimum absolute atomic E-state index is 0.00843. The zero-order chi connectivity index (χ0) is 9.97. The van der Waals surface area contributed by atoms with Crippen LogP contribution in [0.3, 0.4) is 0 Å². The van der Waals surface area contributed by atoms with Crippen LogP contribution in [0, 0.1) is 0 Å². The molecule has 0 amide bonds. The van der Waals surface area contributed by atoms with Crippen LogP contribution < -0.4 is 5.56 Å². The molecule has 1 heterocycles. The Kier molecular flexibility index (Phi) is 2.66. The molecule has 1 saturated carbocycles. The van der Waals surface area contributed by atoms with Crippen LogP contribution in [0.1, 0.15) is 49.8 Å². The van der Waals surface area contributed by atoms with Crippen LogP contribution in [-0.2, 0) is 6.42 Å². The van der Waals surface area contributed by atoms with Gasteiger partial charge in [-0.3, -0.25) is 4.79 Å². The first kappa shape index (κ1) is 9.44. The summed E-state index contributed by atoms with van der Waals surface area (Å²) >= 11 is 0. The van der Waals surface area contributed by atoms with Crippen LogP contribution in [0.2, 0.25) is 0 Å². The summed E-state index contributed by atoms with van der Waals surface area (Å²) < 4.78 is 0. The van der Waals surface area contributed by atoms with Gasteiger partial charge in [-0.2, -0.15) is 5.10 Å². The largest absolute Gasteiger partial charge is 0.268 e. The summed E-state index contributed by atoms with van der Waals surface area (Å²) in [5.41, 5.74) is 1.95. The highest BCUT2D eigenvalue weighted by Crippen LogP contribution is 2.32. The smallest absolute Gasteiger partial charge is 0.267 e. The first-order chi connectivity index (χ1) is 6.81. The maximum atomic E-state index is 11.6. The van der Waals surface area contributed by atoms with Crippen LogP contribution in [-0.4, -0.2) is 10.2 Å². The van der Waals surface area contributed by atoms with Gasteiger partial charge in [0.25, 0.3) is 5.56 Å². The lowest BCUT2D eigenvalue weighted by atomic mass is 9.99. The average molecular weight is 192 g/mol. The quantitative estimate of drug-likeness (QED) is 0.778. The van der Waals surface area contributed by atoms with Crippen molar-refractivity contribution in [1.29, 1.82) is 0 Å². The van der Waals surface area contributed by atoms with E-state index < -0.39 is 0 Å². The van der Waals surface area contributed by atoms with Gasteiger partial charge in [-0.05, 0) is 31.2 Å². The molecule has 3 heteroatoms. The van der Waals surface area contributed by atoms with Gasteiger partial charge in [0.1, 0.15) is 0 Å². The summed E-state index contributed by atoms with van der Waals surface area (Å²) in [5, 5.41) is 6.58. The lowest BCUT2D eigenvalue weighted by Gasteiger charge is -2.08. The number of aryl methyl sites for hydroxylation is 1. The SMILES string of the molecule is CCc1cc(C2CCCC2)c(=O)[nH]n1. The number of nitrogens with zero attached hydrogens (tertiary/aromatic N) is 1. The van der Waals surface area contributed by atoms with Crippen molar-refractivity contribution in [3.63, 3.8) is 0 Å². The second-order valence-corrected chi connectivity index (χ2v) is 3.98. The van der Waals surface area contributed by atoms with E-state index in [0.717, 1.165) is 30.5 Å². The Morgan fingerprint density at radius 2 is 2.21 bits per heavy atom. The molecule has 0 aliphatic heterocycles. The molecule has 0 unspecified atom stereocenters. The van der Waals surface area contributed by atoms with Crippen molar-refractivity contribution >= 4 is 0 Å². The molecule has 2 rings (SSSR count). The average Bonchev–Trinajstić information content (AvgIpc) is 2.71. The first-order valence-electron chi connectivity index (χ1n) is 5.39. The van der Waals surface area contributed by atoms with E-state index in [1.165, 1.54) is 12.8 Å². The molecule has 1 aliphatic carbocycles. The molecule has 0 aromatic carbocycles. The zero-order valence-electron chi connectivity index (χ0n) is 8.55. The molecule has 14 heavy (non-hydrogen) atoms. The molecule has 1 fully saturated rings. The summed E-state index contributed by atoms with van der Waals surface area (Å²) in [7, 11) is 0. The van der Waals surface area contributed by atoms with Crippen LogP contribution in [0.15, 0.2) is 10.9 Å². The van der Waals surface area contributed by atoms with Gasteiger partial charge in [0.05, 0.1) is 5.69 Å². The van der Waals surface area contributed by atoms with Crippen molar-refractivity contribution in [1.82, 2.24) is 10.2 Å². The molecular weight excluding hydrogens is 176 g/mol. The lowest BCUT2D eigenvalue weighted by molar-refractivity contribution is 0.698. The van der Waals surface area contributed by atoms with Gasteiger partial charge < -0.3 is 0 Å². The molecule has 1 aromatic heterocycles. The monoisotopic (exact) mass is 192 g/mol. The third-order valence-corrected chi connectivity index (χ3v) is 3.04. The number of rotatable bonds is 2. The second kappa shape index (κ2) is 3.95. The maximum Gasteiger partial charge on any atom is 0.267 e. The van der Waals surface area contributed by atoms with E-state index in [9.17, 15) is 4.79 Å². The molecule has 0 radical (unpaired) electrons. The summed E-state index contributed by atoms with van der Waals surface area (Å²) in [4.78, 5) is 11.6. The second-order valence-electron chi connectivity index (χ2n) is 3.98. The fourth-order valence-electron chi connectivity index (χ4n) is 2.19. The number of hydrogen-bond donors (Lipinski definition) is 1. The van der Waals surface area contributed by atoms with E-state index in [1.54, 1.807) is 0 Å². The topological polar surface area (TPSA) is 45.8 Å². The van der Waals surface area contributed by atoms with Crippen LogP contribution in [0.25, 0.3) is 0 Å². The number of aromatic amines is 1. The van der Waals surface area contributed by atoms with Gasteiger partial charge >= 0.3 is 0 Å². The molecule has 0 saturated heterocycles. The van der Waals surface area contributed by atoms with Crippen LogP contribution in [0.5, 0.6) is 0 Å². The molecule has 76 valence electrons. The summed E-state index contributed by atoms with van der Waals surface area (Å²) in [6, 6.07) is 1.98. The van der Waals surface area contributed by atoms with Crippen LogP contribution in [0.4, 0.5) is 0 Å². The molecule has 0 bridgehead atoms. The molecule has 1 aliphatic rings. The van der Waals surface area contributed by atoms with Crippen molar-refractivity contribution < 1.29 is 0 Å². The zero-order valence-corrected chi connectivity index (χ0v) is 8.55. The third-order valence-electron chi connectivity index (χ3n) is 3.04. The molecule has 3 nitrogen and oxygen atoms in total. The van der Waals surface area contributed by atoms with Crippen molar-refractivity contribution in [3.8, 4) is 0 Å². The Morgan fingerprint density at radius 3 is 2.86 bits per heavy atom. The number of hydrogen-bond acceptors (Lipinski definition) is 2. The minimum Gasteiger partial charge on any atom is -0.268 e. The Morgan fingerprint density at radius 1 is 1.50 bits per heavy atom. The Labute approximate surface area is 83.5 Å². The summed E-state index contributed by atoms with van der Waals surface area (Å²) in [5.74, 6) is 0.479. The van der Waals surface area contributed by atoms with E-state index in [2.05, 4.69) is 17.1 Å². The van der Waals surface area contributed by atoms with Gasteiger partial charge in [-0.1, -0.05) is 19.8 Å². The number of aromatic nitrogens is 2. The third kappa shape index (κ3) is 1.72. The van der Waals surface area contributed by atoms with Gasteiger partial charge in [0.15, 0.2) is 0 Å². The van der Waals surface area contributed by atoms with E-state index in [-0.39, 0.29) is 5.56 Å². The fraction of sp³-hybridized carbons (Fsp3) is 0.636. The fourth-order valence-corrected chi connectivity index (χ4v) is 2.19. The minimum atomic E-state index is 0.00843. The number of H-pyrrole nitrogens is 1. The molecule has 0 spiro atoms. The van der Waals surface area contributed by atoms with Crippen molar-refractivity contribution in [2.45, 2.75) is 44.9 Å². The Hall–Kier alpha value is -1.12. The lowest BCUT2D eigenvalue weighted by Crippen LogP contribution is -2.17. The van der Waals surface area contributed by atoms with Crippen molar-refractivity contribution in [2.24, 2.45) is 0 Å². The predicted molar refractivity (Wildman–Crippen MR) is 55.4 cm³/mol. The van der Waals surface area contributed by atoms with E-state index >= 15 is 0 Å². The van der Waals surface area contributed by atoms with Crippen molar-refractivity contribution in [3.05, 3.63) is 27.7 Å². The Bertz CT molecular complexity index is 364. The van der Waals surface area contributed by atoms with Gasteiger partial charge in [0, 0.05) is 5.56 Å². The Balaban J connectivity index is 2.34. The normalized spacial score (nSPS) is 17.5. The highest BCUT2D eigenvalue weighted by molar-refractivity contribution is 5.18. The maximum absolute atomic E-state index is 11.6. The summed E-state index contributed by atoms with van der Waals surface area (Å²) in [6.45, 7) is 2.05. The molecule has 1 aromatic rings. The predicted octanol–water partition coefficient (Wildman–Crippen LogP) is 1.99. The van der Waals surface area contributed by atoms with E-state index in [1.807, 2.05) is 6.07 Å². The first-order valence-corrected chi connectivity index (χ1v) is 5.39. The molecule has 0 atom stereocenters. The number of nitrogens with one attached hydrogen (secondary N) is 1. The van der Waals surface area contributed by atoms with Gasteiger partial charge in [0.2, 0.25) is 0 Å².